The smallest absolute Gasteiger partial charge is 0.416 e. The molecule has 3 rings (SSSR count). The van der Waals surface area contributed by atoms with Gasteiger partial charge in [-0.05, 0) is 94.8 Å². The standard InChI is InChI=1S/C36H49FN4O6S/c1-10-11-20-36(8,9)28-19-18-26(22-29(28)37)23-40(48(44,45)31-17-12-13-21-38-31)24-27-15-14-16-30(39-27)41(33(43)47-35(5,6)7)25-32(42)46-34(2,3)4/h12-19,21-22H,10-11,20,23-25H2,1-9H3. The minimum Gasteiger partial charge on any atom is -0.459 e. The van der Waals surface area contributed by atoms with E-state index in [4.69, 9.17) is 9.47 Å². The van der Waals surface area contributed by atoms with Crippen molar-refractivity contribution in [1.82, 2.24) is 14.3 Å². The van der Waals surface area contributed by atoms with Crippen molar-refractivity contribution in [2.75, 3.05) is 11.4 Å². The molecule has 2 heterocycles. The number of benzene rings is 1. The van der Waals surface area contributed by atoms with Crippen LogP contribution in [0.1, 0.15) is 98.4 Å². The molecule has 1 amide bonds. The molecule has 0 spiro atoms. The van der Waals surface area contributed by atoms with Gasteiger partial charge in [0, 0.05) is 12.7 Å². The Morgan fingerprint density at radius 2 is 1.56 bits per heavy atom. The van der Waals surface area contributed by atoms with Crippen molar-refractivity contribution in [2.24, 2.45) is 0 Å². The van der Waals surface area contributed by atoms with Gasteiger partial charge >= 0.3 is 12.1 Å². The summed E-state index contributed by atoms with van der Waals surface area (Å²) in [5.41, 5.74) is -0.775. The average molecular weight is 685 g/mol. The number of halogens is 1. The van der Waals surface area contributed by atoms with Crippen molar-refractivity contribution in [1.29, 1.82) is 0 Å². The zero-order valence-corrected chi connectivity index (χ0v) is 30.4. The molecular weight excluding hydrogens is 635 g/mol. The lowest BCUT2D eigenvalue weighted by atomic mass is 9.79. The van der Waals surface area contributed by atoms with Crippen LogP contribution in [0.4, 0.5) is 15.0 Å². The summed E-state index contributed by atoms with van der Waals surface area (Å²) in [5, 5.41) is -0.181. The number of anilines is 1. The lowest BCUT2D eigenvalue weighted by Gasteiger charge is -2.28. The van der Waals surface area contributed by atoms with Crippen LogP contribution in [-0.2, 0) is 42.8 Å². The minimum atomic E-state index is -4.19. The fourth-order valence-corrected chi connectivity index (χ4v) is 6.30. The van der Waals surface area contributed by atoms with Crippen LogP contribution in [0, 0.1) is 5.82 Å². The van der Waals surface area contributed by atoms with Gasteiger partial charge in [-0.15, -0.1) is 0 Å². The first-order chi connectivity index (χ1) is 22.2. The molecule has 0 aliphatic heterocycles. The molecule has 262 valence electrons. The van der Waals surface area contributed by atoms with E-state index in [0.717, 1.165) is 28.5 Å². The van der Waals surface area contributed by atoms with E-state index in [1.807, 2.05) is 13.8 Å². The third-order valence-corrected chi connectivity index (χ3v) is 8.96. The van der Waals surface area contributed by atoms with Crippen molar-refractivity contribution < 1.29 is 31.9 Å². The molecule has 0 radical (unpaired) electrons. The summed E-state index contributed by atoms with van der Waals surface area (Å²) in [7, 11) is -4.19. The summed E-state index contributed by atoms with van der Waals surface area (Å²) < 4.78 is 55.5. The Morgan fingerprint density at radius 1 is 0.875 bits per heavy atom. The zero-order chi connectivity index (χ0) is 35.9. The van der Waals surface area contributed by atoms with Crippen LogP contribution >= 0.6 is 0 Å². The molecule has 0 bridgehead atoms. The normalized spacial score (nSPS) is 12.6. The fourth-order valence-electron chi connectivity index (χ4n) is 4.97. The van der Waals surface area contributed by atoms with E-state index in [1.54, 1.807) is 77.9 Å². The number of nitrogens with zero attached hydrogens (tertiary/aromatic N) is 4. The Hall–Kier alpha value is -3.90. The van der Waals surface area contributed by atoms with E-state index in [9.17, 15) is 18.0 Å². The second-order valence-corrected chi connectivity index (χ2v) is 16.3. The number of amides is 1. The van der Waals surface area contributed by atoms with E-state index in [0.29, 0.717) is 11.1 Å². The number of hydrogen-bond acceptors (Lipinski definition) is 8. The van der Waals surface area contributed by atoms with E-state index < -0.39 is 45.6 Å². The maximum Gasteiger partial charge on any atom is 0.416 e. The molecule has 0 fully saturated rings. The number of hydrogen-bond donors (Lipinski definition) is 0. The summed E-state index contributed by atoms with van der Waals surface area (Å²) in [4.78, 5) is 35.8. The number of esters is 1. The van der Waals surface area contributed by atoms with Gasteiger partial charge in [-0.3, -0.25) is 9.69 Å². The van der Waals surface area contributed by atoms with Crippen LogP contribution in [0.5, 0.6) is 0 Å². The highest BCUT2D eigenvalue weighted by Gasteiger charge is 2.31. The number of pyridine rings is 2. The monoisotopic (exact) mass is 684 g/mol. The molecule has 0 atom stereocenters. The van der Waals surface area contributed by atoms with Crippen LogP contribution in [0.25, 0.3) is 0 Å². The molecule has 0 aliphatic carbocycles. The van der Waals surface area contributed by atoms with Gasteiger partial charge in [0.25, 0.3) is 10.0 Å². The SMILES string of the molecule is CCCCC(C)(C)c1ccc(CN(Cc2cccc(N(CC(=O)OC(C)(C)C)C(=O)OC(C)(C)C)n2)S(=O)(=O)c2ccccn2)cc1F. The highest BCUT2D eigenvalue weighted by molar-refractivity contribution is 7.89. The van der Waals surface area contributed by atoms with Crippen molar-refractivity contribution in [3.05, 3.63) is 83.4 Å². The van der Waals surface area contributed by atoms with E-state index >= 15 is 4.39 Å². The number of unbranched alkanes of at least 4 members (excludes halogenated alkanes) is 1. The Balaban J connectivity index is 2.02. The Morgan fingerprint density at radius 3 is 2.15 bits per heavy atom. The number of carbonyl (C=O) groups excluding carboxylic acids is 2. The molecule has 0 unspecified atom stereocenters. The van der Waals surface area contributed by atoms with Gasteiger partial charge in [-0.2, -0.15) is 4.31 Å². The van der Waals surface area contributed by atoms with Crippen LogP contribution in [0.2, 0.25) is 0 Å². The maximum absolute atomic E-state index is 15.5. The largest absolute Gasteiger partial charge is 0.459 e. The summed E-state index contributed by atoms with van der Waals surface area (Å²) in [6.07, 6.45) is 3.32. The van der Waals surface area contributed by atoms with Gasteiger partial charge in [0.15, 0.2) is 5.03 Å². The first kappa shape index (κ1) is 38.5. The number of carbonyl (C=O) groups is 2. The van der Waals surface area contributed by atoms with Gasteiger partial charge < -0.3 is 9.47 Å². The maximum atomic E-state index is 15.5. The Labute approximate surface area is 284 Å². The molecule has 12 heteroatoms. The highest BCUT2D eigenvalue weighted by Crippen LogP contribution is 2.32. The predicted octanol–water partition coefficient (Wildman–Crippen LogP) is 7.56. The molecular formula is C36H49FN4O6S. The number of ether oxygens (including phenoxy) is 2. The summed E-state index contributed by atoms with van der Waals surface area (Å²) in [6.45, 7) is 15.4. The van der Waals surface area contributed by atoms with E-state index in [2.05, 4.69) is 16.9 Å². The summed E-state index contributed by atoms with van der Waals surface area (Å²) >= 11 is 0. The van der Waals surface area contributed by atoms with Gasteiger partial charge in [-0.25, -0.2) is 27.6 Å². The molecule has 0 N–H and O–H groups in total. The molecule has 2 aromatic heterocycles. The van der Waals surface area contributed by atoms with Crippen LogP contribution < -0.4 is 4.90 Å². The minimum absolute atomic E-state index is 0.0625. The Bertz CT molecular complexity index is 1670. The van der Waals surface area contributed by atoms with Crippen molar-refractivity contribution in [2.45, 2.75) is 116 Å². The number of rotatable bonds is 13. The highest BCUT2D eigenvalue weighted by atomic mass is 32.2. The van der Waals surface area contributed by atoms with Crippen LogP contribution in [0.3, 0.4) is 0 Å². The van der Waals surface area contributed by atoms with Crippen molar-refractivity contribution in [3.8, 4) is 0 Å². The third-order valence-electron chi connectivity index (χ3n) is 7.25. The first-order valence-corrected chi connectivity index (χ1v) is 17.5. The number of aromatic nitrogens is 2. The predicted molar refractivity (Wildman–Crippen MR) is 183 cm³/mol. The summed E-state index contributed by atoms with van der Waals surface area (Å²) in [5.74, 6) is -1.02. The Kier molecular flexibility index (Phi) is 12.5. The quantitative estimate of drug-likeness (QED) is 0.169. The van der Waals surface area contributed by atoms with Crippen molar-refractivity contribution in [3.63, 3.8) is 0 Å². The number of sulfonamides is 1. The van der Waals surface area contributed by atoms with Crippen LogP contribution in [-0.4, -0.2) is 52.5 Å². The van der Waals surface area contributed by atoms with E-state index in [-0.39, 0.29) is 35.0 Å². The second kappa shape index (κ2) is 15.5. The third kappa shape index (κ3) is 11.1. The van der Waals surface area contributed by atoms with Gasteiger partial charge in [0.1, 0.15) is 29.4 Å². The topological polar surface area (TPSA) is 119 Å². The van der Waals surface area contributed by atoms with Crippen molar-refractivity contribution >= 4 is 27.9 Å². The van der Waals surface area contributed by atoms with E-state index in [1.165, 1.54) is 24.4 Å². The average Bonchev–Trinajstić information content (AvgIpc) is 2.97. The molecule has 0 saturated heterocycles. The molecule has 0 saturated carbocycles. The summed E-state index contributed by atoms with van der Waals surface area (Å²) in [6, 6.07) is 14.1. The molecule has 48 heavy (non-hydrogen) atoms. The van der Waals surface area contributed by atoms with Crippen LogP contribution in [0.15, 0.2) is 65.8 Å². The van der Waals surface area contributed by atoms with Gasteiger partial charge in [0.2, 0.25) is 0 Å². The van der Waals surface area contributed by atoms with Gasteiger partial charge in [0.05, 0.1) is 12.2 Å². The molecule has 1 aromatic carbocycles. The molecule has 0 aliphatic rings. The fraction of sp³-hybridized carbons (Fsp3) is 0.500. The van der Waals surface area contributed by atoms with Gasteiger partial charge in [-0.1, -0.05) is 57.9 Å². The lowest BCUT2D eigenvalue weighted by molar-refractivity contribution is -0.153. The first-order valence-electron chi connectivity index (χ1n) is 16.1. The second-order valence-electron chi connectivity index (χ2n) is 14.4. The molecule has 10 nitrogen and oxygen atoms in total. The molecule has 3 aromatic rings. The lowest BCUT2D eigenvalue weighted by Crippen LogP contribution is -2.42. The zero-order valence-electron chi connectivity index (χ0n) is 29.5.